The van der Waals surface area contributed by atoms with Crippen LogP contribution in [0.3, 0.4) is 0 Å². The van der Waals surface area contributed by atoms with Crippen molar-refractivity contribution in [1.82, 2.24) is 14.9 Å². The summed E-state index contributed by atoms with van der Waals surface area (Å²) in [6, 6.07) is 18.8. The Morgan fingerprint density at radius 2 is 1.76 bits per heavy atom. The van der Waals surface area contributed by atoms with Gasteiger partial charge in [-0.3, -0.25) is 9.59 Å². The third kappa shape index (κ3) is 7.89. The number of carbonyl (C=O) groups is 3. The van der Waals surface area contributed by atoms with Crippen LogP contribution in [0.25, 0.3) is 22.2 Å². The number of carbonyl (C=O) groups excluding carboxylic acids is 2. The van der Waals surface area contributed by atoms with E-state index in [0.29, 0.717) is 29.3 Å². The number of imidazole rings is 1. The molecule has 1 aromatic heterocycles. The Labute approximate surface area is 276 Å². The molecule has 0 bridgehead atoms. The maximum Gasteiger partial charge on any atom is 0.336 e. The number of benzene rings is 3. The van der Waals surface area contributed by atoms with Gasteiger partial charge in [-0.2, -0.15) is 0 Å². The van der Waals surface area contributed by atoms with Gasteiger partial charge in [-0.1, -0.05) is 87.8 Å². The molecule has 0 radical (unpaired) electrons. The van der Waals surface area contributed by atoms with E-state index in [1.54, 1.807) is 12.1 Å². The zero-order valence-electron chi connectivity index (χ0n) is 27.3. The molecule has 0 aliphatic heterocycles. The smallest absolute Gasteiger partial charge is 0.336 e. The van der Waals surface area contributed by atoms with Crippen molar-refractivity contribution in [3.8, 4) is 11.1 Å². The van der Waals surface area contributed by atoms with Crippen LogP contribution in [0.1, 0.15) is 97.0 Å². The van der Waals surface area contributed by atoms with Crippen molar-refractivity contribution in [3.05, 3.63) is 88.7 Å². The molecule has 1 aliphatic rings. The van der Waals surface area contributed by atoms with Crippen LogP contribution in [0, 0.1) is 18.8 Å². The topological polar surface area (TPSA) is 101 Å². The highest BCUT2D eigenvalue weighted by Gasteiger charge is 2.25. The molecule has 1 saturated carbocycles. The number of hydrogen-bond acceptors (Lipinski definition) is 5. The minimum Gasteiger partial charge on any atom is -0.478 e. The second-order valence-corrected chi connectivity index (χ2v) is 14.0. The molecule has 242 valence electrons. The minimum atomic E-state index is -0.948. The second kappa shape index (κ2) is 15.1. The number of nitrogens with one attached hydrogen (secondary N) is 1. The van der Waals surface area contributed by atoms with E-state index >= 15 is 0 Å². The van der Waals surface area contributed by atoms with Crippen molar-refractivity contribution < 1.29 is 19.5 Å². The van der Waals surface area contributed by atoms with Crippen molar-refractivity contribution in [2.45, 2.75) is 85.2 Å². The van der Waals surface area contributed by atoms with Gasteiger partial charge in [0, 0.05) is 36.2 Å². The molecule has 5 rings (SSSR count). The summed E-state index contributed by atoms with van der Waals surface area (Å²) in [5.41, 5.74) is 6.22. The lowest BCUT2D eigenvalue weighted by Gasteiger charge is -2.21. The monoisotopic (exact) mass is 639 g/mol. The van der Waals surface area contributed by atoms with Crippen LogP contribution < -0.4 is 5.32 Å². The second-order valence-electron chi connectivity index (χ2n) is 13.0. The van der Waals surface area contributed by atoms with Crippen LogP contribution in [0.2, 0.25) is 0 Å². The Morgan fingerprint density at radius 1 is 1.04 bits per heavy atom. The third-order valence-corrected chi connectivity index (χ3v) is 10.0. The van der Waals surface area contributed by atoms with Gasteiger partial charge in [0.05, 0.1) is 16.6 Å². The van der Waals surface area contributed by atoms with Crippen LogP contribution in [0.4, 0.5) is 0 Å². The quantitative estimate of drug-likeness (QED) is 0.153. The zero-order chi connectivity index (χ0) is 32.8. The SMILES string of the molecule is CCCc1nc2c(C)cc(C(=O)NC(CSC(=O)C3CCCC3)CC(C)C)cc2n1Cc1ccc(-c2ccccc2C(=O)O)cc1. The number of nitrogens with zero attached hydrogens (tertiary/aromatic N) is 2. The molecule has 0 saturated heterocycles. The maximum absolute atomic E-state index is 13.7. The van der Waals surface area contributed by atoms with E-state index in [0.717, 1.165) is 78.5 Å². The number of aromatic nitrogens is 2. The van der Waals surface area contributed by atoms with Crippen LogP contribution in [-0.4, -0.2) is 43.4 Å². The van der Waals surface area contributed by atoms with Gasteiger partial charge >= 0.3 is 5.97 Å². The molecule has 1 fully saturated rings. The van der Waals surface area contributed by atoms with E-state index in [1.807, 2.05) is 55.5 Å². The predicted octanol–water partition coefficient (Wildman–Crippen LogP) is 8.31. The Morgan fingerprint density at radius 3 is 2.43 bits per heavy atom. The molecule has 7 nitrogen and oxygen atoms in total. The van der Waals surface area contributed by atoms with E-state index in [9.17, 15) is 19.5 Å². The van der Waals surface area contributed by atoms with Crippen LogP contribution in [-0.2, 0) is 17.8 Å². The number of amides is 1. The molecule has 8 heteroatoms. The van der Waals surface area contributed by atoms with E-state index in [-0.39, 0.29) is 28.5 Å². The first-order chi connectivity index (χ1) is 22.1. The van der Waals surface area contributed by atoms with Crippen LogP contribution in [0.5, 0.6) is 0 Å². The summed E-state index contributed by atoms with van der Waals surface area (Å²) in [4.78, 5) is 43.2. The fourth-order valence-electron chi connectivity index (χ4n) is 6.52. The highest BCUT2D eigenvalue weighted by molar-refractivity contribution is 8.13. The van der Waals surface area contributed by atoms with Gasteiger partial charge in [0.2, 0.25) is 0 Å². The van der Waals surface area contributed by atoms with Gasteiger partial charge in [0.15, 0.2) is 5.12 Å². The molecule has 2 N–H and O–H groups in total. The first kappa shape index (κ1) is 33.5. The summed E-state index contributed by atoms with van der Waals surface area (Å²) >= 11 is 1.38. The van der Waals surface area contributed by atoms with Gasteiger partial charge in [-0.05, 0) is 79.0 Å². The van der Waals surface area contributed by atoms with Gasteiger partial charge in [0.25, 0.3) is 5.91 Å². The number of aromatic carboxylic acids is 1. The van der Waals surface area contributed by atoms with Gasteiger partial charge in [-0.25, -0.2) is 9.78 Å². The Bertz CT molecular complexity index is 1700. The van der Waals surface area contributed by atoms with E-state index in [1.165, 1.54) is 11.8 Å². The van der Waals surface area contributed by atoms with Crippen molar-refractivity contribution >= 4 is 39.8 Å². The fraction of sp³-hybridized carbons (Fsp3) is 0.421. The number of rotatable bonds is 13. The highest BCUT2D eigenvalue weighted by Crippen LogP contribution is 2.30. The average molecular weight is 640 g/mol. The van der Waals surface area contributed by atoms with E-state index in [4.69, 9.17) is 4.98 Å². The molecule has 1 unspecified atom stereocenters. The Balaban J connectivity index is 1.39. The molecule has 1 aliphatic carbocycles. The third-order valence-electron chi connectivity index (χ3n) is 8.83. The number of aryl methyl sites for hydroxylation is 2. The Hall–Kier alpha value is -3.91. The summed E-state index contributed by atoms with van der Waals surface area (Å²) in [6.07, 6.45) is 6.80. The van der Waals surface area contributed by atoms with E-state index in [2.05, 4.69) is 30.7 Å². The average Bonchev–Trinajstić information content (AvgIpc) is 3.69. The van der Waals surface area contributed by atoms with Crippen molar-refractivity contribution in [3.63, 3.8) is 0 Å². The molecular weight excluding hydrogens is 595 g/mol. The largest absolute Gasteiger partial charge is 0.478 e. The molecule has 1 amide bonds. The lowest BCUT2D eigenvalue weighted by atomic mass is 9.98. The maximum atomic E-state index is 13.7. The van der Waals surface area contributed by atoms with Crippen LogP contribution >= 0.6 is 11.8 Å². The highest BCUT2D eigenvalue weighted by atomic mass is 32.2. The standard InChI is InChI=1S/C38H45N3O4S/c1-5-10-34-40-35-25(4)20-29(36(42)39-30(19-24(2)3)23-46-38(45)28-11-6-7-12-28)21-33(35)41(34)22-26-15-17-27(18-16-26)31-13-8-9-14-32(31)37(43)44/h8-9,13-18,20-21,24,28,30H,5-7,10-12,19,22-23H2,1-4H3,(H,39,42)(H,43,44). The van der Waals surface area contributed by atoms with Gasteiger partial charge in [-0.15, -0.1) is 0 Å². The number of fused-ring (bicyclic) bond motifs is 1. The lowest BCUT2D eigenvalue weighted by Crippen LogP contribution is -2.38. The molecule has 0 spiro atoms. The molecular formula is C38H45N3O4S. The van der Waals surface area contributed by atoms with E-state index < -0.39 is 5.97 Å². The summed E-state index contributed by atoms with van der Waals surface area (Å²) in [5, 5.41) is 13.2. The normalized spacial score (nSPS) is 14.2. The fourth-order valence-corrected chi connectivity index (χ4v) is 7.58. The summed E-state index contributed by atoms with van der Waals surface area (Å²) in [5.74, 6) is 1.04. The molecule has 1 atom stereocenters. The Kier molecular flexibility index (Phi) is 11.0. The lowest BCUT2D eigenvalue weighted by molar-refractivity contribution is -0.114. The zero-order valence-corrected chi connectivity index (χ0v) is 28.2. The molecule has 46 heavy (non-hydrogen) atoms. The predicted molar refractivity (Wildman–Crippen MR) is 187 cm³/mol. The van der Waals surface area contributed by atoms with Crippen LogP contribution in [0.15, 0.2) is 60.7 Å². The molecule has 1 heterocycles. The van der Waals surface area contributed by atoms with Gasteiger partial charge < -0.3 is 15.0 Å². The number of carboxylic acids is 1. The van der Waals surface area contributed by atoms with Gasteiger partial charge in [0.1, 0.15) is 5.82 Å². The number of thioether (sulfide) groups is 1. The summed E-state index contributed by atoms with van der Waals surface area (Å²) < 4.78 is 2.20. The molecule has 3 aromatic carbocycles. The first-order valence-corrected chi connectivity index (χ1v) is 17.5. The minimum absolute atomic E-state index is 0.0933. The van der Waals surface area contributed by atoms with Crippen molar-refractivity contribution in [1.29, 1.82) is 0 Å². The number of carboxylic acid groups (broad SMARTS) is 1. The molecule has 4 aromatic rings. The van der Waals surface area contributed by atoms with Crippen molar-refractivity contribution in [2.75, 3.05) is 5.75 Å². The summed E-state index contributed by atoms with van der Waals surface area (Å²) in [6.45, 7) is 9.00. The first-order valence-electron chi connectivity index (χ1n) is 16.5. The van der Waals surface area contributed by atoms with Crippen molar-refractivity contribution in [2.24, 2.45) is 11.8 Å². The summed E-state index contributed by atoms with van der Waals surface area (Å²) in [7, 11) is 0. The number of hydrogen-bond donors (Lipinski definition) is 2.